The van der Waals surface area contributed by atoms with E-state index in [9.17, 15) is 4.79 Å². The molecule has 0 atom stereocenters. The standard InChI is InChI=1S/C12H14ClN3O2/c1-7-8-5-14-11(13)15-16(8)6-9(7)18-10(17)12(2,3)4/h5-6H,1-4H3. The predicted molar refractivity (Wildman–Crippen MR) is 67.8 cm³/mol. The fraction of sp³-hybridized carbons (Fsp3) is 0.417. The number of carbonyl (C=O) groups excluding carboxylic acids is 1. The van der Waals surface area contributed by atoms with E-state index in [4.69, 9.17) is 16.3 Å². The van der Waals surface area contributed by atoms with Gasteiger partial charge in [0.15, 0.2) is 5.75 Å². The number of halogens is 1. The molecule has 96 valence electrons. The van der Waals surface area contributed by atoms with Crippen LogP contribution in [0.4, 0.5) is 0 Å². The van der Waals surface area contributed by atoms with Gasteiger partial charge in [0.25, 0.3) is 0 Å². The van der Waals surface area contributed by atoms with E-state index < -0.39 is 5.41 Å². The van der Waals surface area contributed by atoms with Crippen LogP contribution in [0.3, 0.4) is 0 Å². The Kier molecular flexibility index (Phi) is 3.02. The third kappa shape index (κ3) is 2.31. The van der Waals surface area contributed by atoms with Crippen LogP contribution in [-0.4, -0.2) is 20.6 Å². The molecular weight excluding hydrogens is 254 g/mol. The van der Waals surface area contributed by atoms with E-state index in [1.807, 2.05) is 6.92 Å². The number of esters is 1. The summed E-state index contributed by atoms with van der Waals surface area (Å²) < 4.78 is 6.92. The topological polar surface area (TPSA) is 56.5 Å². The number of aromatic nitrogens is 3. The fourth-order valence-electron chi connectivity index (χ4n) is 1.40. The van der Waals surface area contributed by atoms with Gasteiger partial charge in [-0.3, -0.25) is 4.79 Å². The molecule has 0 bridgehead atoms. The van der Waals surface area contributed by atoms with Crippen LogP contribution < -0.4 is 4.74 Å². The summed E-state index contributed by atoms with van der Waals surface area (Å²) in [4.78, 5) is 15.7. The van der Waals surface area contributed by atoms with Crippen LogP contribution in [0.15, 0.2) is 12.4 Å². The minimum atomic E-state index is -0.552. The third-order valence-corrected chi connectivity index (χ3v) is 2.71. The minimum Gasteiger partial charge on any atom is -0.424 e. The lowest BCUT2D eigenvalue weighted by atomic mass is 9.97. The normalized spacial score (nSPS) is 11.8. The van der Waals surface area contributed by atoms with E-state index in [2.05, 4.69) is 10.1 Å². The molecule has 0 amide bonds. The molecule has 2 aromatic rings. The molecule has 0 radical (unpaired) electrons. The summed E-state index contributed by atoms with van der Waals surface area (Å²) in [6.07, 6.45) is 3.22. The third-order valence-electron chi connectivity index (χ3n) is 2.54. The van der Waals surface area contributed by atoms with E-state index in [1.165, 1.54) is 0 Å². The second-order valence-electron chi connectivity index (χ2n) is 5.11. The Bertz CT molecular complexity index is 614. The van der Waals surface area contributed by atoms with Gasteiger partial charge < -0.3 is 4.74 Å². The highest BCUT2D eigenvalue weighted by Crippen LogP contribution is 2.26. The molecule has 2 heterocycles. The van der Waals surface area contributed by atoms with E-state index in [0.29, 0.717) is 5.75 Å². The van der Waals surface area contributed by atoms with Crippen molar-refractivity contribution in [3.63, 3.8) is 0 Å². The van der Waals surface area contributed by atoms with E-state index in [-0.39, 0.29) is 11.3 Å². The average molecular weight is 268 g/mol. The zero-order chi connectivity index (χ0) is 13.5. The SMILES string of the molecule is Cc1c(OC(=O)C(C)(C)C)cn2nc(Cl)ncc12. The maximum Gasteiger partial charge on any atom is 0.316 e. The molecule has 2 rings (SSSR count). The number of hydrogen-bond donors (Lipinski definition) is 0. The summed E-state index contributed by atoms with van der Waals surface area (Å²) in [5.74, 6) is 0.187. The Morgan fingerprint density at radius 1 is 1.44 bits per heavy atom. The lowest BCUT2D eigenvalue weighted by molar-refractivity contribution is -0.143. The van der Waals surface area contributed by atoms with E-state index >= 15 is 0 Å². The largest absolute Gasteiger partial charge is 0.424 e. The van der Waals surface area contributed by atoms with Crippen molar-refractivity contribution >= 4 is 23.1 Å². The molecule has 0 fully saturated rings. The highest BCUT2D eigenvalue weighted by atomic mass is 35.5. The molecule has 0 saturated heterocycles. The smallest absolute Gasteiger partial charge is 0.316 e. The first-order chi connectivity index (χ1) is 8.29. The first kappa shape index (κ1) is 12.8. The Hall–Kier alpha value is -1.62. The van der Waals surface area contributed by atoms with Gasteiger partial charge in [-0.05, 0) is 39.3 Å². The predicted octanol–water partition coefficient (Wildman–Crippen LogP) is 2.64. The maximum atomic E-state index is 11.8. The second kappa shape index (κ2) is 4.24. The van der Waals surface area contributed by atoms with Crippen molar-refractivity contribution in [1.29, 1.82) is 0 Å². The van der Waals surface area contributed by atoms with Gasteiger partial charge in [-0.1, -0.05) is 0 Å². The number of carbonyl (C=O) groups is 1. The number of rotatable bonds is 1. The first-order valence-electron chi connectivity index (χ1n) is 5.52. The monoisotopic (exact) mass is 267 g/mol. The summed E-state index contributed by atoms with van der Waals surface area (Å²) in [6, 6.07) is 0. The molecule has 0 aliphatic rings. The number of nitrogens with zero attached hydrogens (tertiary/aromatic N) is 3. The van der Waals surface area contributed by atoms with Crippen molar-refractivity contribution in [2.24, 2.45) is 5.41 Å². The number of aryl methyl sites for hydroxylation is 1. The van der Waals surface area contributed by atoms with Crippen molar-refractivity contribution in [3.8, 4) is 5.75 Å². The van der Waals surface area contributed by atoms with Gasteiger partial charge in [0.1, 0.15) is 0 Å². The Labute approximate surface area is 110 Å². The molecule has 6 heteroatoms. The van der Waals surface area contributed by atoms with Crippen molar-refractivity contribution in [2.45, 2.75) is 27.7 Å². The van der Waals surface area contributed by atoms with Crippen LogP contribution in [0.2, 0.25) is 5.28 Å². The summed E-state index contributed by atoms with van der Waals surface area (Å²) in [5.41, 5.74) is 1.02. The molecule has 0 spiro atoms. The van der Waals surface area contributed by atoms with Crippen LogP contribution in [-0.2, 0) is 4.79 Å². The number of hydrogen-bond acceptors (Lipinski definition) is 4. The van der Waals surface area contributed by atoms with Crippen LogP contribution in [0.25, 0.3) is 5.52 Å². The Morgan fingerprint density at radius 2 is 2.11 bits per heavy atom. The zero-order valence-electron chi connectivity index (χ0n) is 10.7. The van der Waals surface area contributed by atoms with Crippen molar-refractivity contribution in [2.75, 3.05) is 0 Å². The molecule has 2 aromatic heterocycles. The van der Waals surface area contributed by atoms with E-state index in [1.54, 1.807) is 37.7 Å². The molecule has 5 nitrogen and oxygen atoms in total. The molecule has 0 unspecified atom stereocenters. The van der Waals surface area contributed by atoms with Gasteiger partial charge in [0.05, 0.1) is 23.3 Å². The molecule has 18 heavy (non-hydrogen) atoms. The lowest BCUT2D eigenvalue weighted by Crippen LogP contribution is -2.25. The summed E-state index contributed by atoms with van der Waals surface area (Å²) >= 11 is 5.71. The Morgan fingerprint density at radius 3 is 2.72 bits per heavy atom. The van der Waals surface area contributed by atoms with Crippen LogP contribution in [0, 0.1) is 12.3 Å². The van der Waals surface area contributed by atoms with Crippen LogP contribution in [0.5, 0.6) is 5.75 Å². The highest BCUT2D eigenvalue weighted by molar-refractivity contribution is 6.28. The molecular formula is C12H14ClN3O2. The maximum absolute atomic E-state index is 11.8. The second-order valence-corrected chi connectivity index (χ2v) is 5.45. The van der Waals surface area contributed by atoms with Crippen molar-refractivity contribution in [3.05, 3.63) is 23.2 Å². The average Bonchev–Trinajstić information content (AvgIpc) is 2.54. The molecule has 0 aliphatic heterocycles. The summed E-state index contributed by atoms with van der Waals surface area (Å²) in [6.45, 7) is 7.25. The van der Waals surface area contributed by atoms with Gasteiger partial charge in [-0.25, -0.2) is 9.50 Å². The van der Waals surface area contributed by atoms with E-state index in [0.717, 1.165) is 11.1 Å². The Balaban J connectivity index is 2.41. The van der Waals surface area contributed by atoms with Crippen LogP contribution >= 0.6 is 11.6 Å². The fourth-order valence-corrected chi connectivity index (χ4v) is 1.53. The quantitative estimate of drug-likeness (QED) is 0.746. The van der Waals surface area contributed by atoms with Crippen LogP contribution in [0.1, 0.15) is 26.3 Å². The summed E-state index contributed by atoms with van der Waals surface area (Å²) in [7, 11) is 0. The first-order valence-corrected chi connectivity index (χ1v) is 5.89. The van der Waals surface area contributed by atoms with Crippen molar-refractivity contribution < 1.29 is 9.53 Å². The highest BCUT2D eigenvalue weighted by Gasteiger charge is 2.25. The van der Waals surface area contributed by atoms with Gasteiger partial charge >= 0.3 is 5.97 Å². The number of fused-ring (bicyclic) bond motifs is 1. The van der Waals surface area contributed by atoms with Gasteiger partial charge in [0.2, 0.25) is 5.28 Å². The molecule has 0 aliphatic carbocycles. The number of ether oxygens (including phenoxy) is 1. The zero-order valence-corrected chi connectivity index (χ0v) is 11.4. The minimum absolute atomic E-state index is 0.145. The van der Waals surface area contributed by atoms with Gasteiger partial charge in [-0.2, -0.15) is 0 Å². The molecule has 0 aromatic carbocycles. The molecule has 0 N–H and O–H groups in total. The lowest BCUT2D eigenvalue weighted by Gasteiger charge is -2.15. The van der Waals surface area contributed by atoms with Gasteiger partial charge in [0, 0.05) is 5.56 Å². The van der Waals surface area contributed by atoms with Crippen molar-refractivity contribution in [1.82, 2.24) is 14.6 Å². The summed E-state index contributed by atoms with van der Waals surface area (Å²) in [5, 5.41) is 4.15. The van der Waals surface area contributed by atoms with Gasteiger partial charge in [-0.15, -0.1) is 5.10 Å². The molecule has 0 saturated carbocycles.